The number of aliphatic carboxylic acids is 1. The van der Waals surface area contributed by atoms with Gasteiger partial charge >= 0.3 is 5.97 Å². The summed E-state index contributed by atoms with van der Waals surface area (Å²) in [7, 11) is 1.79. The van der Waals surface area contributed by atoms with E-state index in [4.69, 9.17) is 9.84 Å². The first kappa shape index (κ1) is 13.5. The maximum atomic E-state index is 10.9. The standard InChI is InChI=1S/C13H19NO3/c1-4-17-12-8-6-5-7-11(12)9-14(3)10(2)13(15)16/h5-8,10H,4,9H2,1-3H3,(H,15,16)/t10-/m0/s1. The first-order valence-electron chi connectivity index (χ1n) is 5.70. The summed E-state index contributed by atoms with van der Waals surface area (Å²) in [5.41, 5.74) is 1.00. The van der Waals surface area contributed by atoms with Crippen molar-refractivity contribution in [2.24, 2.45) is 0 Å². The lowest BCUT2D eigenvalue weighted by Crippen LogP contribution is -2.35. The van der Waals surface area contributed by atoms with Crippen molar-refractivity contribution in [2.75, 3.05) is 13.7 Å². The zero-order valence-electron chi connectivity index (χ0n) is 10.5. The summed E-state index contributed by atoms with van der Waals surface area (Å²) in [4.78, 5) is 12.6. The van der Waals surface area contributed by atoms with Gasteiger partial charge in [-0.15, -0.1) is 0 Å². The number of benzene rings is 1. The molecule has 0 amide bonds. The highest BCUT2D eigenvalue weighted by molar-refractivity contribution is 5.72. The molecular weight excluding hydrogens is 218 g/mol. The SMILES string of the molecule is CCOc1ccccc1CN(C)[C@@H](C)C(=O)O. The van der Waals surface area contributed by atoms with E-state index in [1.807, 2.05) is 31.2 Å². The number of nitrogens with zero attached hydrogens (tertiary/aromatic N) is 1. The Morgan fingerprint density at radius 2 is 2.12 bits per heavy atom. The highest BCUT2D eigenvalue weighted by atomic mass is 16.5. The summed E-state index contributed by atoms with van der Waals surface area (Å²) < 4.78 is 5.50. The molecule has 4 heteroatoms. The quantitative estimate of drug-likeness (QED) is 0.822. The molecule has 1 aromatic rings. The fourth-order valence-corrected chi connectivity index (χ4v) is 1.52. The minimum absolute atomic E-state index is 0.510. The Morgan fingerprint density at radius 1 is 1.47 bits per heavy atom. The Balaban J connectivity index is 2.76. The van der Waals surface area contributed by atoms with E-state index in [-0.39, 0.29) is 0 Å². The van der Waals surface area contributed by atoms with E-state index in [1.165, 1.54) is 0 Å². The Hall–Kier alpha value is -1.55. The number of carboxylic acids is 1. The molecule has 17 heavy (non-hydrogen) atoms. The van der Waals surface area contributed by atoms with Crippen LogP contribution in [0.3, 0.4) is 0 Å². The maximum absolute atomic E-state index is 10.9. The van der Waals surface area contributed by atoms with Gasteiger partial charge in [0, 0.05) is 12.1 Å². The van der Waals surface area contributed by atoms with Crippen LogP contribution < -0.4 is 4.74 Å². The van der Waals surface area contributed by atoms with Crippen LogP contribution in [0.5, 0.6) is 5.75 Å². The number of hydrogen-bond acceptors (Lipinski definition) is 3. The van der Waals surface area contributed by atoms with Crippen molar-refractivity contribution in [3.8, 4) is 5.75 Å². The monoisotopic (exact) mass is 237 g/mol. The molecule has 94 valence electrons. The number of carbonyl (C=O) groups is 1. The van der Waals surface area contributed by atoms with Gasteiger partial charge in [0.25, 0.3) is 0 Å². The van der Waals surface area contributed by atoms with Gasteiger partial charge in [0.05, 0.1) is 6.61 Å². The van der Waals surface area contributed by atoms with E-state index in [2.05, 4.69) is 0 Å². The number of para-hydroxylation sites is 1. The molecule has 0 saturated heterocycles. The molecule has 0 radical (unpaired) electrons. The van der Waals surface area contributed by atoms with Gasteiger partial charge in [-0.25, -0.2) is 0 Å². The minimum atomic E-state index is -0.818. The molecule has 0 bridgehead atoms. The van der Waals surface area contributed by atoms with Crippen LogP contribution in [0.1, 0.15) is 19.4 Å². The average Bonchev–Trinajstić information content (AvgIpc) is 2.30. The Labute approximate surface area is 102 Å². The predicted molar refractivity (Wildman–Crippen MR) is 66.2 cm³/mol. The third kappa shape index (κ3) is 3.75. The van der Waals surface area contributed by atoms with Gasteiger partial charge < -0.3 is 9.84 Å². The molecule has 0 saturated carbocycles. The van der Waals surface area contributed by atoms with Crippen LogP contribution in [-0.2, 0) is 11.3 Å². The first-order valence-corrected chi connectivity index (χ1v) is 5.70. The van der Waals surface area contributed by atoms with Gasteiger partial charge in [0.1, 0.15) is 11.8 Å². The molecule has 0 aliphatic rings. The van der Waals surface area contributed by atoms with Crippen molar-refractivity contribution in [1.82, 2.24) is 4.90 Å². The summed E-state index contributed by atoms with van der Waals surface area (Å²) in [6.45, 7) is 4.77. The van der Waals surface area contributed by atoms with Gasteiger partial charge in [-0.3, -0.25) is 9.69 Å². The third-order valence-corrected chi connectivity index (χ3v) is 2.71. The Morgan fingerprint density at radius 3 is 2.71 bits per heavy atom. The normalized spacial score (nSPS) is 12.5. The largest absolute Gasteiger partial charge is 0.494 e. The molecule has 1 atom stereocenters. The van der Waals surface area contributed by atoms with Crippen molar-refractivity contribution >= 4 is 5.97 Å². The molecule has 1 N–H and O–H groups in total. The lowest BCUT2D eigenvalue weighted by Gasteiger charge is -2.22. The van der Waals surface area contributed by atoms with Gasteiger partial charge in [0.2, 0.25) is 0 Å². The summed E-state index contributed by atoms with van der Waals surface area (Å²) in [5.74, 6) is 0.000768. The summed E-state index contributed by atoms with van der Waals surface area (Å²) >= 11 is 0. The molecule has 0 aliphatic heterocycles. The highest BCUT2D eigenvalue weighted by Crippen LogP contribution is 2.20. The molecule has 0 unspecified atom stereocenters. The van der Waals surface area contributed by atoms with Crippen LogP contribution in [0.4, 0.5) is 0 Å². The van der Waals surface area contributed by atoms with Crippen LogP contribution in [0, 0.1) is 0 Å². The summed E-state index contributed by atoms with van der Waals surface area (Å²) in [6.07, 6.45) is 0. The first-order chi connectivity index (χ1) is 8.06. The van der Waals surface area contributed by atoms with Gasteiger partial charge in [-0.05, 0) is 27.0 Å². The maximum Gasteiger partial charge on any atom is 0.320 e. The lowest BCUT2D eigenvalue weighted by atomic mass is 10.1. The average molecular weight is 237 g/mol. The van der Waals surface area contributed by atoms with Crippen LogP contribution in [0.25, 0.3) is 0 Å². The van der Waals surface area contributed by atoms with E-state index in [9.17, 15) is 4.79 Å². The zero-order valence-corrected chi connectivity index (χ0v) is 10.5. The van der Waals surface area contributed by atoms with Crippen LogP contribution in [0.15, 0.2) is 24.3 Å². The number of hydrogen-bond donors (Lipinski definition) is 1. The van der Waals surface area contributed by atoms with Crippen molar-refractivity contribution < 1.29 is 14.6 Å². The van der Waals surface area contributed by atoms with Crippen molar-refractivity contribution in [3.63, 3.8) is 0 Å². The molecule has 1 rings (SSSR count). The number of ether oxygens (including phenoxy) is 1. The topological polar surface area (TPSA) is 49.8 Å². The van der Waals surface area contributed by atoms with Crippen molar-refractivity contribution in [3.05, 3.63) is 29.8 Å². The van der Waals surface area contributed by atoms with Gasteiger partial charge in [0.15, 0.2) is 0 Å². The fourth-order valence-electron chi connectivity index (χ4n) is 1.52. The van der Waals surface area contributed by atoms with Gasteiger partial charge in [-0.2, -0.15) is 0 Å². The minimum Gasteiger partial charge on any atom is -0.494 e. The van der Waals surface area contributed by atoms with Crippen LogP contribution in [0.2, 0.25) is 0 Å². The second kappa shape index (κ2) is 6.25. The number of rotatable bonds is 6. The van der Waals surface area contributed by atoms with E-state index >= 15 is 0 Å². The smallest absolute Gasteiger partial charge is 0.320 e. The Bertz CT molecular complexity index is 379. The van der Waals surface area contributed by atoms with Gasteiger partial charge in [-0.1, -0.05) is 18.2 Å². The van der Waals surface area contributed by atoms with Crippen molar-refractivity contribution in [2.45, 2.75) is 26.4 Å². The highest BCUT2D eigenvalue weighted by Gasteiger charge is 2.17. The summed E-state index contributed by atoms with van der Waals surface area (Å²) in [6, 6.07) is 7.19. The molecule has 0 aromatic heterocycles. The molecule has 0 aliphatic carbocycles. The zero-order chi connectivity index (χ0) is 12.8. The molecule has 4 nitrogen and oxygen atoms in total. The third-order valence-electron chi connectivity index (χ3n) is 2.71. The fraction of sp³-hybridized carbons (Fsp3) is 0.462. The van der Waals surface area contributed by atoms with E-state index in [0.29, 0.717) is 13.2 Å². The molecule has 0 spiro atoms. The van der Waals surface area contributed by atoms with Crippen LogP contribution in [-0.4, -0.2) is 35.7 Å². The van der Waals surface area contributed by atoms with E-state index in [1.54, 1.807) is 18.9 Å². The second-order valence-corrected chi connectivity index (χ2v) is 3.97. The molecule has 0 fully saturated rings. The molecule has 0 heterocycles. The van der Waals surface area contributed by atoms with E-state index in [0.717, 1.165) is 11.3 Å². The summed E-state index contributed by atoms with van der Waals surface area (Å²) in [5, 5.41) is 8.93. The number of likely N-dealkylation sites (N-methyl/N-ethyl adjacent to an activating group) is 1. The van der Waals surface area contributed by atoms with Crippen LogP contribution >= 0.6 is 0 Å². The lowest BCUT2D eigenvalue weighted by molar-refractivity contribution is -0.142. The predicted octanol–water partition coefficient (Wildman–Crippen LogP) is 1.99. The number of carboxylic acid groups (broad SMARTS) is 1. The van der Waals surface area contributed by atoms with Crippen molar-refractivity contribution in [1.29, 1.82) is 0 Å². The molecule has 1 aromatic carbocycles. The molecular formula is C13H19NO3. The second-order valence-electron chi connectivity index (χ2n) is 3.97. The Kier molecular flexibility index (Phi) is 4.97. The van der Waals surface area contributed by atoms with E-state index < -0.39 is 12.0 Å².